The highest BCUT2D eigenvalue weighted by atomic mass is 35.5. The average Bonchev–Trinajstić information content (AvgIpc) is 3.05. The fourth-order valence-corrected chi connectivity index (χ4v) is 2.32. The van der Waals surface area contributed by atoms with Crippen molar-refractivity contribution in [2.75, 3.05) is 5.32 Å². The quantitative estimate of drug-likeness (QED) is 0.911. The number of rotatable bonds is 3. The summed E-state index contributed by atoms with van der Waals surface area (Å²) >= 11 is 6.20. The maximum absolute atomic E-state index is 6.20. The van der Waals surface area contributed by atoms with Crippen LogP contribution in [0.5, 0.6) is 0 Å². The van der Waals surface area contributed by atoms with Crippen LogP contribution in [0.1, 0.15) is 19.8 Å². The highest BCUT2D eigenvalue weighted by molar-refractivity contribution is 6.35. The van der Waals surface area contributed by atoms with E-state index in [9.17, 15) is 0 Å². The Kier molecular flexibility index (Phi) is 2.47. The fourth-order valence-electron chi connectivity index (χ4n) is 2.08. The summed E-state index contributed by atoms with van der Waals surface area (Å²) in [4.78, 5) is 8.78. The van der Waals surface area contributed by atoms with E-state index in [1.54, 1.807) is 6.33 Å². The number of nitrogens with zero attached hydrogens (tertiary/aromatic N) is 3. The summed E-state index contributed by atoms with van der Waals surface area (Å²) in [7, 11) is 1.92. The van der Waals surface area contributed by atoms with Crippen LogP contribution in [0.2, 0.25) is 5.02 Å². The van der Waals surface area contributed by atoms with Gasteiger partial charge in [0.25, 0.3) is 0 Å². The summed E-state index contributed by atoms with van der Waals surface area (Å²) in [5.41, 5.74) is 1.58. The van der Waals surface area contributed by atoms with Crippen LogP contribution >= 0.6 is 11.6 Å². The van der Waals surface area contributed by atoms with Gasteiger partial charge >= 0.3 is 0 Å². The number of nitrogens with one attached hydrogen (secondary N) is 1. The standard InChI is InChI=1S/C12H15ClN4/c1-7(8-3-4-8)15-10-5-9(13)11-12(16-10)17(2)6-14-11/h5-8H,3-4H2,1-2H3,(H,15,16). The molecular formula is C12H15ClN4. The molecule has 0 radical (unpaired) electrons. The highest BCUT2D eigenvalue weighted by Crippen LogP contribution is 2.34. The molecule has 17 heavy (non-hydrogen) atoms. The third-order valence-electron chi connectivity index (χ3n) is 3.33. The van der Waals surface area contributed by atoms with Crippen LogP contribution in [0.3, 0.4) is 0 Å². The van der Waals surface area contributed by atoms with Crippen molar-refractivity contribution in [1.29, 1.82) is 0 Å². The van der Waals surface area contributed by atoms with Gasteiger partial charge in [0.2, 0.25) is 0 Å². The Balaban J connectivity index is 1.96. The topological polar surface area (TPSA) is 42.7 Å². The lowest BCUT2D eigenvalue weighted by molar-refractivity contribution is 0.691. The van der Waals surface area contributed by atoms with Crippen LogP contribution in [0.15, 0.2) is 12.4 Å². The van der Waals surface area contributed by atoms with Crippen molar-refractivity contribution >= 4 is 28.6 Å². The van der Waals surface area contributed by atoms with Crippen molar-refractivity contribution in [1.82, 2.24) is 14.5 Å². The number of fused-ring (bicyclic) bond motifs is 1. The van der Waals surface area contributed by atoms with Crippen molar-refractivity contribution in [3.63, 3.8) is 0 Å². The lowest BCUT2D eigenvalue weighted by atomic mass is 10.2. The van der Waals surface area contributed by atoms with Gasteiger partial charge in [-0.3, -0.25) is 0 Å². The molecule has 0 spiro atoms. The Morgan fingerprint density at radius 2 is 2.29 bits per heavy atom. The van der Waals surface area contributed by atoms with Crippen molar-refractivity contribution in [2.45, 2.75) is 25.8 Å². The minimum absolute atomic E-state index is 0.462. The van der Waals surface area contributed by atoms with Gasteiger partial charge in [-0.15, -0.1) is 0 Å². The number of anilines is 1. The van der Waals surface area contributed by atoms with Gasteiger partial charge in [0, 0.05) is 19.2 Å². The molecule has 2 aromatic heterocycles. The summed E-state index contributed by atoms with van der Waals surface area (Å²) in [5.74, 6) is 1.63. The normalized spacial score (nSPS) is 17.4. The molecule has 1 unspecified atom stereocenters. The molecule has 1 fully saturated rings. The molecular weight excluding hydrogens is 236 g/mol. The predicted molar refractivity (Wildman–Crippen MR) is 69.3 cm³/mol. The van der Waals surface area contributed by atoms with E-state index in [4.69, 9.17) is 11.6 Å². The minimum Gasteiger partial charge on any atom is -0.367 e. The number of imidazole rings is 1. The van der Waals surface area contributed by atoms with Gasteiger partial charge in [-0.05, 0) is 25.7 Å². The molecule has 2 heterocycles. The zero-order valence-corrected chi connectivity index (χ0v) is 10.7. The lowest BCUT2D eigenvalue weighted by Crippen LogP contribution is -2.18. The third-order valence-corrected chi connectivity index (χ3v) is 3.61. The molecule has 1 aliphatic rings. The van der Waals surface area contributed by atoms with E-state index in [2.05, 4.69) is 22.2 Å². The maximum Gasteiger partial charge on any atom is 0.163 e. The Morgan fingerprint density at radius 1 is 1.53 bits per heavy atom. The minimum atomic E-state index is 0.462. The number of hydrogen-bond acceptors (Lipinski definition) is 3. The Hall–Kier alpha value is -1.29. The van der Waals surface area contributed by atoms with Gasteiger partial charge in [0.1, 0.15) is 11.3 Å². The largest absolute Gasteiger partial charge is 0.367 e. The molecule has 1 N–H and O–H groups in total. The number of aryl methyl sites for hydroxylation is 1. The molecule has 2 aromatic rings. The molecule has 4 nitrogen and oxygen atoms in total. The first kappa shape index (κ1) is 10.8. The maximum atomic E-state index is 6.20. The predicted octanol–water partition coefficient (Wildman–Crippen LogP) is 2.83. The fraction of sp³-hybridized carbons (Fsp3) is 0.500. The van der Waals surface area contributed by atoms with Crippen LogP contribution in [0.4, 0.5) is 5.82 Å². The smallest absolute Gasteiger partial charge is 0.163 e. The zero-order valence-electron chi connectivity index (χ0n) is 9.94. The Morgan fingerprint density at radius 3 is 3.00 bits per heavy atom. The van der Waals surface area contributed by atoms with Gasteiger partial charge in [0.15, 0.2) is 5.65 Å². The zero-order chi connectivity index (χ0) is 12.0. The SMILES string of the molecule is CC(Nc1cc(Cl)c2ncn(C)c2n1)C1CC1. The summed E-state index contributed by atoms with van der Waals surface area (Å²) in [6, 6.07) is 2.32. The lowest BCUT2D eigenvalue weighted by Gasteiger charge is -2.13. The third kappa shape index (κ3) is 1.97. The van der Waals surface area contributed by atoms with Gasteiger partial charge < -0.3 is 9.88 Å². The molecule has 1 aliphatic carbocycles. The second-order valence-corrected chi connectivity index (χ2v) is 5.19. The van der Waals surface area contributed by atoms with E-state index in [0.717, 1.165) is 22.9 Å². The van der Waals surface area contributed by atoms with Gasteiger partial charge in [-0.2, -0.15) is 0 Å². The van der Waals surface area contributed by atoms with Crippen LogP contribution < -0.4 is 5.32 Å². The molecule has 90 valence electrons. The number of aromatic nitrogens is 3. The highest BCUT2D eigenvalue weighted by Gasteiger charge is 2.28. The number of hydrogen-bond donors (Lipinski definition) is 1. The second-order valence-electron chi connectivity index (χ2n) is 4.79. The van der Waals surface area contributed by atoms with Crippen molar-refractivity contribution in [3.05, 3.63) is 17.4 Å². The molecule has 0 bridgehead atoms. The molecule has 0 aliphatic heterocycles. The van der Waals surface area contributed by atoms with Crippen molar-refractivity contribution in [3.8, 4) is 0 Å². The average molecular weight is 251 g/mol. The van der Waals surface area contributed by atoms with E-state index in [1.807, 2.05) is 17.7 Å². The Labute approximate surface area is 105 Å². The van der Waals surface area contributed by atoms with Gasteiger partial charge in [0.05, 0.1) is 11.3 Å². The van der Waals surface area contributed by atoms with E-state index < -0.39 is 0 Å². The molecule has 0 saturated heterocycles. The monoisotopic (exact) mass is 250 g/mol. The molecule has 1 saturated carbocycles. The first-order chi connectivity index (χ1) is 8.15. The molecule has 0 amide bonds. The van der Waals surface area contributed by atoms with Crippen LogP contribution in [-0.4, -0.2) is 20.6 Å². The van der Waals surface area contributed by atoms with Crippen LogP contribution in [-0.2, 0) is 7.05 Å². The Bertz CT molecular complexity index is 559. The first-order valence-corrected chi connectivity index (χ1v) is 6.27. The number of halogens is 1. The second kappa shape index (κ2) is 3.88. The first-order valence-electron chi connectivity index (χ1n) is 5.89. The molecule has 5 heteroatoms. The molecule has 3 rings (SSSR count). The van der Waals surface area contributed by atoms with Crippen molar-refractivity contribution < 1.29 is 0 Å². The summed E-state index contributed by atoms with van der Waals surface area (Å²) in [6.07, 6.45) is 4.36. The van der Waals surface area contributed by atoms with E-state index >= 15 is 0 Å². The summed E-state index contributed by atoms with van der Waals surface area (Å²) in [5, 5.41) is 4.07. The van der Waals surface area contributed by atoms with Crippen molar-refractivity contribution in [2.24, 2.45) is 13.0 Å². The van der Waals surface area contributed by atoms with Crippen LogP contribution in [0, 0.1) is 5.92 Å². The molecule has 1 atom stereocenters. The molecule has 0 aromatic carbocycles. The van der Waals surface area contributed by atoms with E-state index in [0.29, 0.717) is 11.1 Å². The van der Waals surface area contributed by atoms with Gasteiger partial charge in [-0.1, -0.05) is 11.6 Å². The van der Waals surface area contributed by atoms with E-state index in [-0.39, 0.29) is 0 Å². The van der Waals surface area contributed by atoms with Crippen LogP contribution in [0.25, 0.3) is 11.2 Å². The number of pyridine rings is 1. The summed E-state index contributed by atoms with van der Waals surface area (Å²) < 4.78 is 1.88. The van der Waals surface area contributed by atoms with Gasteiger partial charge in [-0.25, -0.2) is 9.97 Å². The summed E-state index contributed by atoms with van der Waals surface area (Å²) in [6.45, 7) is 2.20. The van der Waals surface area contributed by atoms with E-state index in [1.165, 1.54) is 12.8 Å².